The van der Waals surface area contributed by atoms with Gasteiger partial charge in [0, 0.05) is 23.6 Å². The first-order valence-corrected chi connectivity index (χ1v) is 12.1. The number of hydrogen-bond donors (Lipinski definition) is 2. The van der Waals surface area contributed by atoms with Gasteiger partial charge < -0.3 is 15.4 Å². The fraction of sp³-hybridized carbons (Fsp3) is 0.407. The lowest BCUT2D eigenvalue weighted by Crippen LogP contribution is -2.19. The van der Waals surface area contributed by atoms with Crippen molar-refractivity contribution in [3.8, 4) is 5.75 Å². The highest BCUT2D eigenvalue weighted by Crippen LogP contribution is 2.36. The highest BCUT2D eigenvalue weighted by molar-refractivity contribution is 5.64. The summed E-state index contributed by atoms with van der Waals surface area (Å²) in [4.78, 5) is 8.05. The molecule has 0 bridgehead atoms. The molecule has 1 fully saturated rings. The van der Waals surface area contributed by atoms with Crippen LogP contribution in [-0.2, 0) is 12.6 Å². The van der Waals surface area contributed by atoms with Crippen LogP contribution in [0.5, 0.6) is 5.75 Å². The minimum atomic E-state index is -4.60. The Balaban J connectivity index is 1.53. The summed E-state index contributed by atoms with van der Waals surface area (Å²) in [5.74, 6) is 0.921. The summed E-state index contributed by atoms with van der Waals surface area (Å²) in [7, 11) is 0. The summed E-state index contributed by atoms with van der Waals surface area (Å²) in [5, 5.41) is 5.82. The van der Waals surface area contributed by atoms with Gasteiger partial charge in [-0.2, -0.15) is 18.2 Å². The molecule has 0 radical (unpaired) electrons. The van der Waals surface area contributed by atoms with Gasteiger partial charge >= 0.3 is 6.18 Å². The van der Waals surface area contributed by atoms with E-state index in [-0.39, 0.29) is 17.9 Å². The van der Waals surface area contributed by atoms with Crippen LogP contribution in [0.3, 0.4) is 0 Å². The fourth-order valence-electron chi connectivity index (χ4n) is 4.23. The van der Waals surface area contributed by atoms with Gasteiger partial charge in [-0.15, -0.1) is 0 Å². The molecule has 1 aromatic heterocycles. The highest BCUT2D eigenvalue weighted by Gasteiger charge is 2.35. The van der Waals surface area contributed by atoms with Gasteiger partial charge in [-0.25, -0.2) is 4.98 Å². The summed E-state index contributed by atoms with van der Waals surface area (Å²) in [6, 6.07) is 14.7. The second-order valence-corrected chi connectivity index (χ2v) is 9.40. The lowest BCUT2D eigenvalue weighted by atomic mass is 9.98. The molecule has 1 saturated carbocycles. The maximum atomic E-state index is 13.7. The van der Waals surface area contributed by atoms with Crippen LogP contribution in [0.2, 0.25) is 0 Å². The number of rotatable bonds is 8. The van der Waals surface area contributed by atoms with Gasteiger partial charge in [-0.05, 0) is 67.9 Å². The average Bonchev–Trinajstić information content (AvgIpc) is 2.80. The van der Waals surface area contributed by atoms with Gasteiger partial charge in [-0.3, -0.25) is 0 Å². The van der Waals surface area contributed by atoms with Crippen LogP contribution < -0.4 is 15.4 Å². The number of halogens is 3. The van der Waals surface area contributed by atoms with Gasteiger partial charge in [0.1, 0.15) is 17.1 Å². The topological polar surface area (TPSA) is 59.1 Å². The SMILES string of the molecule is CC(C)Cc1ccc(Nc2ncc(C(F)(F)F)c(Nc3cccc(OC4CCCCC4)c3)n2)cc1. The number of hydrogen-bond acceptors (Lipinski definition) is 5. The Morgan fingerprint density at radius 1 is 0.971 bits per heavy atom. The first-order chi connectivity index (χ1) is 16.8. The molecule has 0 amide bonds. The maximum Gasteiger partial charge on any atom is 0.421 e. The van der Waals surface area contributed by atoms with Crippen molar-refractivity contribution in [1.82, 2.24) is 9.97 Å². The van der Waals surface area contributed by atoms with E-state index < -0.39 is 11.7 Å². The molecule has 0 unspecified atom stereocenters. The van der Waals surface area contributed by atoms with E-state index in [9.17, 15) is 13.2 Å². The number of ether oxygens (including phenoxy) is 1. The monoisotopic (exact) mass is 484 g/mol. The van der Waals surface area contributed by atoms with E-state index >= 15 is 0 Å². The third-order valence-electron chi connectivity index (χ3n) is 5.90. The molecule has 0 saturated heterocycles. The molecular weight excluding hydrogens is 453 g/mol. The Morgan fingerprint density at radius 2 is 1.71 bits per heavy atom. The predicted octanol–water partition coefficient (Wildman–Crippen LogP) is 7.89. The molecular formula is C27H31F3N4O. The second-order valence-electron chi connectivity index (χ2n) is 9.40. The van der Waals surface area contributed by atoms with Crippen molar-refractivity contribution in [3.05, 3.63) is 65.9 Å². The normalized spacial score (nSPS) is 14.7. The number of alkyl halides is 3. The molecule has 5 nitrogen and oxygen atoms in total. The first kappa shape index (κ1) is 24.8. The summed E-state index contributed by atoms with van der Waals surface area (Å²) in [6.07, 6.45) is 2.77. The van der Waals surface area contributed by atoms with Crippen LogP contribution in [-0.4, -0.2) is 16.1 Å². The van der Waals surface area contributed by atoms with Crippen molar-refractivity contribution in [1.29, 1.82) is 0 Å². The zero-order valence-electron chi connectivity index (χ0n) is 20.0. The fourth-order valence-corrected chi connectivity index (χ4v) is 4.23. The zero-order valence-corrected chi connectivity index (χ0v) is 20.0. The largest absolute Gasteiger partial charge is 0.490 e. The molecule has 8 heteroatoms. The van der Waals surface area contributed by atoms with Gasteiger partial charge in [-0.1, -0.05) is 38.5 Å². The first-order valence-electron chi connectivity index (χ1n) is 12.1. The second kappa shape index (κ2) is 11.0. The van der Waals surface area contributed by atoms with E-state index in [4.69, 9.17) is 4.74 Å². The molecule has 1 aliphatic carbocycles. The van der Waals surface area contributed by atoms with E-state index in [1.165, 1.54) is 12.0 Å². The quantitative estimate of drug-likeness (QED) is 0.340. The summed E-state index contributed by atoms with van der Waals surface area (Å²) in [6.45, 7) is 4.29. The van der Waals surface area contributed by atoms with Crippen molar-refractivity contribution in [2.75, 3.05) is 10.6 Å². The molecule has 35 heavy (non-hydrogen) atoms. The minimum Gasteiger partial charge on any atom is -0.490 e. The Labute approximate surface area is 204 Å². The standard InChI is InChI=1S/C27H31F3N4O/c1-18(2)15-19-11-13-20(14-12-19)33-26-31-17-24(27(28,29)30)25(34-26)32-21-7-6-10-23(16-21)35-22-8-4-3-5-9-22/h6-7,10-14,16-18,22H,3-5,8-9,15H2,1-2H3,(H2,31,32,33,34). The molecule has 4 rings (SSSR count). The van der Waals surface area contributed by atoms with E-state index in [1.54, 1.807) is 18.2 Å². The predicted molar refractivity (Wildman–Crippen MR) is 133 cm³/mol. The van der Waals surface area contributed by atoms with Crippen LogP contribution >= 0.6 is 0 Å². The maximum absolute atomic E-state index is 13.7. The number of nitrogens with one attached hydrogen (secondary N) is 2. The lowest BCUT2D eigenvalue weighted by molar-refractivity contribution is -0.137. The van der Waals surface area contributed by atoms with E-state index in [2.05, 4.69) is 34.4 Å². The van der Waals surface area contributed by atoms with Crippen molar-refractivity contribution in [2.45, 2.75) is 64.7 Å². The number of benzene rings is 2. The molecule has 1 heterocycles. The third kappa shape index (κ3) is 7.10. The molecule has 0 spiro atoms. The Kier molecular flexibility index (Phi) is 7.78. The van der Waals surface area contributed by atoms with E-state index in [0.29, 0.717) is 23.0 Å². The smallest absolute Gasteiger partial charge is 0.421 e. The number of nitrogens with zero attached hydrogens (tertiary/aromatic N) is 2. The van der Waals surface area contributed by atoms with Gasteiger partial charge in [0.15, 0.2) is 0 Å². The van der Waals surface area contributed by atoms with Crippen molar-refractivity contribution >= 4 is 23.1 Å². The zero-order chi connectivity index (χ0) is 24.8. The summed E-state index contributed by atoms with van der Waals surface area (Å²) < 4.78 is 47.1. The van der Waals surface area contributed by atoms with Gasteiger partial charge in [0.2, 0.25) is 5.95 Å². The Morgan fingerprint density at radius 3 is 2.40 bits per heavy atom. The average molecular weight is 485 g/mol. The molecule has 0 atom stereocenters. The minimum absolute atomic E-state index is 0.0757. The number of aromatic nitrogens is 2. The van der Waals surface area contributed by atoms with E-state index in [1.807, 2.05) is 30.3 Å². The van der Waals surface area contributed by atoms with Crippen molar-refractivity contribution in [2.24, 2.45) is 5.92 Å². The molecule has 0 aliphatic heterocycles. The van der Waals surface area contributed by atoms with Gasteiger partial charge in [0.05, 0.1) is 6.10 Å². The molecule has 2 aromatic carbocycles. The number of anilines is 4. The van der Waals surface area contributed by atoms with Crippen LogP contribution in [0, 0.1) is 5.92 Å². The van der Waals surface area contributed by atoms with Crippen LogP contribution in [0.1, 0.15) is 57.1 Å². The lowest BCUT2D eigenvalue weighted by Gasteiger charge is -2.23. The molecule has 186 valence electrons. The molecule has 2 N–H and O–H groups in total. The Hall–Kier alpha value is -3.29. The highest BCUT2D eigenvalue weighted by atomic mass is 19.4. The third-order valence-corrected chi connectivity index (χ3v) is 5.90. The molecule has 1 aliphatic rings. The Bertz CT molecular complexity index is 1110. The summed E-state index contributed by atoms with van der Waals surface area (Å²) in [5.41, 5.74) is 1.42. The van der Waals surface area contributed by atoms with Crippen LogP contribution in [0.25, 0.3) is 0 Å². The van der Waals surface area contributed by atoms with E-state index in [0.717, 1.165) is 38.3 Å². The van der Waals surface area contributed by atoms with Gasteiger partial charge in [0.25, 0.3) is 0 Å². The summed E-state index contributed by atoms with van der Waals surface area (Å²) >= 11 is 0. The van der Waals surface area contributed by atoms with Crippen LogP contribution in [0.4, 0.5) is 36.3 Å². The molecule has 3 aromatic rings. The van der Waals surface area contributed by atoms with Crippen LogP contribution in [0.15, 0.2) is 54.7 Å². The van der Waals surface area contributed by atoms with Crippen molar-refractivity contribution < 1.29 is 17.9 Å². The van der Waals surface area contributed by atoms with Crippen molar-refractivity contribution in [3.63, 3.8) is 0 Å².